The van der Waals surface area contributed by atoms with Gasteiger partial charge in [0, 0.05) is 11.8 Å². The summed E-state index contributed by atoms with van der Waals surface area (Å²) in [5, 5.41) is 0. The van der Waals surface area contributed by atoms with E-state index in [1.807, 2.05) is 6.07 Å². The molecule has 1 unspecified atom stereocenters. The molecule has 0 radical (unpaired) electrons. The molecule has 2 aromatic rings. The maximum absolute atomic E-state index is 12.6. The fraction of sp³-hybridized carbons (Fsp3) is 0.353. The van der Waals surface area contributed by atoms with Crippen molar-refractivity contribution < 1.29 is 14.4 Å². The number of carbonyl (C=O) groups is 3. The number of rotatable bonds is 2. The Morgan fingerprint density at radius 2 is 1.86 bits per heavy atom. The highest BCUT2D eigenvalue weighted by Gasteiger charge is 2.46. The van der Waals surface area contributed by atoms with Crippen LogP contribution in [0.15, 0.2) is 30.5 Å². The van der Waals surface area contributed by atoms with Crippen LogP contribution in [-0.2, 0) is 9.59 Å². The van der Waals surface area contributed by atoms with Crippen LogP contribution in [-0.4, -0.2) is 27.3 Å². The molecule has 1 aromatic heterocycles. The summed E-state index contributed by atoms with van der Waals surface area (Å²) in [6.45, 7) is 3.54. The molecule has 0 spiro atoms. The first-order valence-electron chi connectivity index (χ1n) is 7.23. The Balaban J connectivity index is 2.00. The quantitative estimate of drug-likeness (QED) is 0.628. The van der Waals surface area contributed by atoms with Crippen LogP contribution < -0.4 is 0 Å². The minimum atomic E-state index is -1.24. The standard InChI is InChI=1S/C17H16N2O3/c1-17(2)8-7-13(20)14(16(17)22)15(21)12-9-18-10-5-3-4-6-11(10)19-12/h3-6,9,14H,7-8H2,1-2H3. The van der Waals surface area contributed by atoms with Gasteiger partial charge in [-0.05, 0) is 18.6 Å². The van der Waals surface area contributed by atoms with Crippen LogP contribution in [0.4, 0.5) is 0 Å². The fourth-order valence-corrected chi connectivity index (χ4v) is 2.73. The lowest BCUT2D eigenvalue weighted by Crippen LogP contribution is -2.45. The van der Waals surface area contributed by atoms with Crippen molar-refractivity contribution >= 4 is 28.4 Å². The Hall–Kier alpha value is -2.43. The first-order chi connectivity index (χ1) is 10.4. The zero-order valence-electron chi connectivity index (χ0n) is 12.5. The number of aromatic nitrogens is 2. The molecule has 1 heterocycles. The molecule has 1 fully saturated rings. The summed E-state index contributed by atoms with van der Waals surface area (Å²) >= 11 is 0. The van der Waals surface area contributed by atoms with Crippen molar-refractivity contribution in [2.75, 3.05) is 0 Å². The van der Waals surface area contributed by atoms with E-state index in [4.69, 9.17) is 0 Å². The SMILES string of the molecule is CC1(C)CCC(=O)C(C(=O)c2cnc3ccccc3n2)C1=O. The summed E-state index contributed by atoms with van der Waals surface area (Å²) < 4.78 is 0. The first kappa shape index (κ1) is 14.5. The van der Waals surface area contributed by atoms with E-state index >= 15 is 0 Å². The molecule has 1 aliphatic carbocycles. The summed E-state index contributed by atoms with van der Waals surface area (Å²) in [5.41, 5.74) is 0.658. The van der Waals surface area contributed by atoms with E-state index in [1.54, 1.807) is 32.0 Å². The summed E-state index contributed by atoms with van der Waals surface area (Å²) in [7, 11) is 0. The number of para-hydroxylation sites is 2. The molecular formula is C17H16N2O3. The first-order valence-corrected chi connectivity index (χ1v) is 7.23. The van der Waals surface area contributed by atoms with Gasteiger partial charge in [0.15, 0.2) is 11.6 Å². The van der Waals surface area contributed by atoms with Gasteiger partial charge in [-0.1, -0.05) is 26.0 Å². The van der Waals surface area contributed by atoms with E-state index in [0.29, 0.717) is 17.5 Å². The zero-order valence-corrected chi connectivity index (χ0v) is 12.5. The number of nitrogens with zero attached hydrogens (tertiary/aromatic N) is 2. The van der Waals surface area contributed by atoms with Crippen molar-refractivity contribution in [2.24, 2.45) is 11.3 Å². The van der Waals surface area contributed by atoms with Crippen molar-refractivity contribution in [3.63, 3.8) is 0 Å². The molecular weight excluding hydrogens is 280 g/mol. The third-order valence-electron chi connectivity index (χ3n) is 4.21. The van der Waals surface area contributed by atoms with Crippen LogP contribution in [0.2, 0.25) is 0 Å². The van der Waals surface area contributed by atoms with Crippen molar-refractivity contribution in [3.8, 4) is 0 Å². The molecule has 22 heavy (non-hydrogen) atoms. The van der Waals surface area contributed by atoms with Crippen LogP contribution in [0.5, 0.6) is 0 Å². The van der Waals surface area contributed by atoms with E-state index in [2.05, 4.69) is 9.97 Å². The van der Waals surface area contributed by atoms with Gasteiger partial charge in [0.05, 0.1) is 17.2 Å². The molecule has 112 valence electrons. The minimum Gasteiger partial charge on any atom is -0.298 e. The van der Waals surface area contributed by atoms with Gasteiger partial charge >= 0.3 is 0 Å². The lowest BCUT2D eigenvalue weighted by atomic mass is 9.69. The van der Waals surface area contributed by atoms with Gasteiger partial charge in [-0.2, -0.15) is 0 Å². The van der Waals surface area contributed by atoms with E-state index in [-0.39, 0.29) is 23.7 Å². The molecule has 0 amide bonds. The predicted molar refractivity (Wildman–Crippen MR) is 80.4 cm³/mol. The average Bonchev–Trinajstić information content (AvgIpc) is 2.51. The molecule has 0 aliphatic heterocycles. The van der Waals surface area contributed by atoms with E-state index in [9.17, 15) is 14.4 Å². The Kier molecular flexibility index (Phi) is 3.35. The monoisotopic (exact) mass is 296 g/mol. The Morgan fingerprint density at radius 3 is 2.59 bits per heavy atom. The van der Waals surface area contributed by atoms with Crippen LogP contribution in [0, 0.1) is 11.3 Å². The van der Waals surface area contributed by atoms with Gasteiger partial charge in [0.2, 0.25) is 5.78 Å². The largest absolute Gasteiger partial charge is 0.298 e. The molecule has 5 nitrogen and oxygen atoms in total. The topological polar surface area (TPSA) is 77.0 Å². The third kappa shape index (κ3) is 2.32. The second-order valence-corrected chi connectivity index (χ2v) is 6.26. The Bertz CT molecular complexity index is 795. The maximum atomic E-state index is 12.6. The Labute approximate surface area is 127 Å². The van der Waals surface area contributed by atoms with Gasteiger partial charge < -0.3 is 0 Å². The molecule has 1 saturated carbocycles. The number of benzene rings is 1. The predicted octanol–water partition coefficient (Wildman–Crippen LogP) is 2.39. The van der Waals surface area contributed by atoms with Crippen molar-refractivity contribution in [1.29, 1.82) is 0 Å². The maximum Gasteiger partial charge on any atom is 0.200 e. The number of hydrogen-bond donors (Lipinski definition) is 0. The highest BCUT2D eigenvalue weighted by atomic mass is 16.2. The number of hydrogen-bond acceptors (Lipinski definition) is 5. The number of fused-ring (bicyclic) bond motifs is 1. The highest BCUT2D eigenvalue weighted by Crippen LogP contribution is 2.34. The summed E-state index contributed by atoms with van der Waals surface area (Å²) in [5.74, 6) is -2.41. The van der Waals surface area contributed by atoms with Gasteiger partial charge in [-0.15, -0.1) is 0 Å². The molecule has 1 atom stereocenters. The second kappa shape index (κ2) is 5.09. The number of Topliss-reactive ketones (excluding diaryl/α,β-unsaturated/α-hetero) is 3. The molecule has 0 N–H and O–H groups in total. The Morgan fingerprint density at radius 1 is 1.18 bits per heavy atom. The molecule has 5 heteroatoms. The molecule has 1 aromatic carbocycles. The van der Waals surface area contributed by atoms with E-state index in [1.165, 1.54) is 6.20 Å². The summed E-state index contributed by atoms with van der Waals surface area (Å²) in [6, 6.07) is 7.16. The minimum absolute atomic E-state index is 0.0723. The molecule has 3 rings (SSSR count). The highest BCUT2D eigenvalue weighted by molar-refractivity contribution is 6.25. The molecule has 1 aliphatic rings. The van der Waals surface area contributed by atoms with Crippen molar-refractivity contribution in [3.05, 3.63) is 36.2 Å². The van der Waals surface area contributed by atoms with Gasteiger partial charge in [-0.3, -0.25) is 19.4 Å². The number of carbonyl (C=O) groups excluding carboxylic acids is 3. The lowest BCUT2D eigenvalue weighted by molar-refractivity contribution is -0.140. The van der Waals surface area contributed by atoms with Crippen molar-refractivity contribution in [2.45, 2.75) is 26.7 Å². The number of ketones is 3. The smallest absolute Gasteiger partial charge is 0.200 e. The third-order valence-corrected chi connectivity index (χ3v) is 4.21. The fourth-order valence-electron chi connectivity index (χ4n) is 2.73. The van der Waals surface area contributed by atoms with Crippen LogP contribution in [0.1, 0.15) is 37.2 Å². The zero-order chi connectivity index (χ0) is 15.9. The average molecular weight is 296 g/mol. The summed E-state index contributed by atoms with van der Waals surface area (Å²) in [4.78, 5) is 45.6. The van der Waals surface area contributed by atoms with Crippen LogP contribution in [0.3, 0.4) is 0 Å². The van der Waals surface area contributed by atoms with Crippen LogP contribution >= 0.6 is 0 Å². The molecule has 0 saturated heterocycles. The van der Waals surface area contributed by atoms with Crippen LogP contribution in [0.25, 0.3) is 11.0 Å². The second-order valence-electron chi connectivity index (χ2n) is 6.26. The van der Waals surface area contributed by atoms with Gasteiger partial charge in [-0.25, -0.2) is 4.98 Å². The lowest BCUT2D eigenvalue weighted by Gasteiger charge is -2.31. The van der Waals surface area contributed by atoms with Gasteiger partial charge in [0.25, 0.3) is 0 Å². The molecule has 0 bridgehead atoms. The van der Waals surface area contributed by atoms with Gasteiger partial charge in [0.1, 0.15) is 11.6 Å². The summed E-state index contributed by atoms with van der Waals surface area (Å²) in [6.07, 6.45) is 2.07. The normalized spacial score (nSPS) is 21.1. The van der Waals surface area contributed by atoms with E-state index in [0.717, 1.165) is 0 Å². The van der Waals surface area contributed by atoms with Crippen molar-refractivity contribution in [1.82, 2.24) is 9.97 Å². The van der Waals surface area contributed by atoms with E-state index < -0.39 is 17.1 Å².